The zero-order valence-electron chi connectivity index (χ0n) is 9.32. The maximum Gasteiger partial charge on any atom is 0.337 e. The number of hydrogen-bond acceptors (Lipinski definition) is 4. The quantitative estimate of drug-likeness (QED) is 0.653. The second kappa shape index (κ2) is 6.45. The van der Waals surface area contributed by atoms with E-state index in [2.05, 4.69) is 0 Å². The first-order valence-corrected chi connectivity index (χ1v) is 5.33. The molecule has 0 unspecified atom stereocenters. The third kappa shape index (κ3) is 4.34. The summed E-state index contributed by atoms with van der Waals surface area (Å²) < 4.78 is 15.4. The van der Waals surface area contributed by atoms with Crippen LogP contribution in [-0.2, 0) is 19.0 Å². The predicted molar refractivity (Wildman–Crippen MR) is 55.3 cm³/mol. The van der Waals surface area contributed by atoms with E-state index in [4.69, 9.17) is 14.2 Å². The fourth-order valence-electron chi connectivity index (χ4n) is 1.29. The van der Waals surface area contributed by atoms with Crippen molar-refractivity contribution in [1.29, 1.82) is 0 Å². The van der Waals surface area contributed by atoms with E-state index in [1.54, 1.807) is 0 Å². The fraction of sp³-hybridized carbons (Fsp3) is 0.727. The summed E-state index contributed by atoms with van der Waals surface area (Å²) in [5.41, 5.74) is 0.615. The molecular weight excluding hydrogens is 196 g/mol. The lowest BCUT2D eigenvalue weighted by atomic mass is 10.1. The lowest BCUT2D eigenvalue weighted by Gasteiger charge is -2.16. The number of hydrogen-bond donors (Lipinski definition) is 0. The summed E-state index contributed by atoms with van der Waals surface area (Å²) in [6.07, 6.45) is 2.90. The molecule has 1 aliphatic rings. The minimum atomic E-state index is -0.290. The van der Waals surface area contributed by atoms with E-state index in [-0.39, 0.29) is 12.1 Å². The second-order valence-corrected chi connectivity index (χ2v) is 3.49. The summed E-state index contributed by atoms with van der Waals surface area (Å²) in [7, 11) is 0. The van der Waals surface area contributed by atoms with Crippen LogP contribution in [0, 0.1) is 0 Å². The Morgan fingerprint density at radius 1 is 1.67 bits per heavy atom. The minimum absolute atomic E-state index is 0.208. The molecule has 15 heavy (non-hydrogen) atoms. The molecular formula is C11H18O4. The van der Waals surface area contributed by atoms with Gasteiger partial charge in [-0.3, -0.25) is 0 Å². The molecule has 1 aliphatic heterocycles. The molecule has 0 aromatic rings. The third-order valence-electron chi connectivity index (χ3n) is 2.06. The van der Waals surface area contributed by atoms with Crippen molar-refractivity contribution in [2.24, 2.45) is 0 Å². The van der Waals surface area contributed by atoms with Gasteiger partial charge < -0.3 is 14.2 Å². The number of esters is 1. The van der Waals surface area contributed by atoms with Gasteiger partial charge >= 0.3 is 5.97 Å². The molecule has 0 bridgehead atoms. The Morgan fingerprint density at radius 3 is 3.07 bits per heavy atom. The Balaban J connectivity index is 2.30. The highest BCUT2D eigenvalue weighted by Crippen LogP contribution is 2.14. The van der Waals surface area contributed by atoms with Crippen LogP contribution in [0.2, 0.25) is 0 Å². The van der Waals surface area contributed by atoms with Crippen LogP contribution in [0.15, 0.2) is 11.8 Å². The van der Waals surface area contributed by atoms with Crippen molar-refractivity contribution in [3.63, 3.8) is 0 Å². The van der Waals surface area contributed by atoms with Crippen molar-refractivity contribution < 1.29 is 19.0 Å². The van der Waals surface area contributed by atoms with Gasteiger partial charge in [0.2, 0.25) is 0 Å². The predicted octanol–water partition coefficient (Wildman–Crippen LogP) is 1.65. The first-order valence-electron chi connectivity index (χ1n) is 5.33. The van der Waals surface area contributed by atoms with Crippen LogP contribution >= 0.6 is 0 Å². The van der Waals surface area contributed by atoms with Gasteiger partial charge in [-0.25, -0.2) is 4.79 Å². The average molecular weight is 214 g/mol. The Hall–Kier alpha value is -1.03. The van der Waals surface area contributed by atoms with E-state index in [0.717, 1.165) is 12.8 Å². The van der Waals surface area contributed by atoms with Gasteiger partial charge in [0.15, 0.2) is 0 Å². The molecule has 1 atom stereocenters. The minimum Gasteiger partial charge on any atom is -0.501 e. The maximum atomic E-state index is 11.5. The number of ether oxygens (including phenoxy) is 3. The molecule has 4 heteroatoms. The molecule has 1 rings (SSSR count). The summed E-state index contributed by atoms with van der Waals surface area (Å²) in [4.78, 5) is 11.5. The lowest BCUT2D eigenvalue weighted by molar-refractivity contribution is -0.146. The van der Waals surface area contributed by atoms with E-state index >= 15 is 0 Å². The van der Waals surface area contributed by atoms with Crippen LogP contribution in [0.5, 0.6) is 0 Å². The van der Waals surface area contributed by atoms with Gasteiger partial charge in [0.1, 0.15) is 6.10 Å². The molecule has 0 fully saturated rings. The SMILES string of the molecule is CCOC[C@H](C)OC(=O)C1=COCCC1. The van der Waals surface area contributed by atoms with Crippen LogP contribution < -0.4 is 0 Å². The summed E-state index contributed by atoms with van der Waals surface area (Å²) in [5, 5.41) is 0. The van der Waals surface area contributed by atoms with Crippen molar-refractivity contribution >= 4 is 5.97 Å². The van der Waals surface area contributed by atoms with E-state index < -0.39 is 0 Å². The van der Waals surface area contributed by atoms with Gasteiger partial charge in [-0.05, 0) is 26.7 Å². The second-order valence-electron chi connectivity index (χ2n) is 3.49. The molecule has 0 N–H and O–H groups in total. The van der Waals surface area contributed by atoms with E-state index in [9.17, 15) is 4.79 Å². The zero-order valence-corrected chi connectivity index (χ0v) is 9.32. The van der Waals surface area contributed by atoms with Crippen LogP contribution in [0.25, 0.3) is 0 Å². The largest absolute Gasteiger partial charge is 0.501 e. The summed E-state index contributed by atoms with van der Waals surface area (Å²) in [5.74, 6) is -0.290. The van der Waals surface area contributed by atoms with Crippen LogP contribution in [0.3, 0.4) is 0 Å². The van der Waals surface area contributed by atoms with Crippen molar-refractivity contribution in [2.75, 3.05) is 19.8 Å². The standard InChI is InChI=1S/C11H18O4/c1-3-13-7-9(2)15-11(12)10-5-4-6-14-8-10/h8-9H,3-7H2,1-2H3/t9-/m0/s1. The maximum absolute atomic E-state index is 11.5. The van der Waals surface area contributed by atoms with Gasteiger partial charge in [-0.2, -0.15) is 0 Å². The molecule has 86 valence electrons. The molecule has 0 saturated heterocycles. The van der Waals surface area contributed by atoms with E-state index in [0.29, 0.717) is 25.4 Å². The molecule has 0 spiro atoms. The van der Waals surface area contributed by atoms with Gasteiger partial charge in [0.25, 0.3) is 0 Å². The third-order valence-corrected chi connectivity index (χ3v) is 2.06. The van der Waals surface area contributed by atoms with Gasteiger partial charge in [0.05, 0.1) is 25.0 Å². The van der Waals surface area contributed by atoms with Crippen molar-refractivity contribution in [3.8, 4) is 0 Å². The highest BCUT2D eigenvalue weighted by molar-refractivity contribution is 5.88. The number of carbonyl (C=O) groups is 1. The highest BCUT2D eigenvalue weighted by Gasteiger charge is 2.17. The summed E-state index contributed by atoms with van der Waals surface area (Å²) in [6.45, 7) is 5.49. The van der Waals surface area contributed by atoms with Crippen LogP contribution in [0.4, 0.5) is 0 Å². The van der Waals surface area contributed by atoms with Crippen LogP contribution in [0.1, 0.15) is 26.7 Å². The molecule has 0 aromatic carbocycles. The molecule has 0 radical (unpaired) electrons. The number of carbonyl (C=O) groups excluding carboxylic acids is 1. The molecule has 4 nitrogen and oxygen atoms in total. The van der Waals surface area contributed by atoms with E-state index in [1.165, 1.54) is 6.26 Å². The molecule has 1 heterocycles. The van der Waals surface area contributed by atoms with Crippen LogP contribution in [-0.4, -0.2) is 31.9 Å². The monoisotopic (exact) mass is 214 g/mol. The van der Waals surface area contributed by atoms with Crippen molar-refractivity contribution in [3.05, 3.63) is 11.8 Å². The normalized spacial score (nSPS) is 17.6. The Morgan fingerprint density at radius 2 is 2.47 bits per heavy atom. The molecule has 0 aliphatic carbocycles. The van der Waals surface area contributed by atoms with Crippen molar-refractivity contribution in [2.45, 2.75) is 32.8 Å². The average Bonchev–Trinajstić information content (AvgIpc) is 2.27. The fourth-order valence-corrected chi connectivity index (χ4v) is 1.29. The summed E-state index contributed by atoms with van der Waals surface area (Å²) in [6, 6.07) is 0. The van der Waals surface area contributed by atoms with Crippen molar-refractivity contribution in [1.82, 2.24) is 0 Å². The smallest absolute Gasteiger partial charge is 0.337 e. The topological polar surface area (TPSA) is 44.8 Å². The summed E-state index contributed by atoms with van der Waals surface area (Å²) >= 11 is 0. The highest BCUT2D eigenvalue weighted by atomic mass is 16.6. The Bertz CT molecular complexity index is 235. The van der Waals surface area contributed by atoms with Gasteiger partial charge in [-0.15, -0.1) is 0 Å². The Labute approximate surface area is 90.2 Å². The number of rotatable bonds is 5. The first-order chi connectivity index (χ1) is 7.24. The Kier molecular flexibility index (Phi) is 5.18. The van der Waals surface area contributed by atoms with Gasteiger partial charge in [0, 0.05) is 6.61 Å². The molecule has 0 saturated carbocycles. The molecule has 0 amide bonds. The van der Waals surface area contributed by atoms with E-state index in [1.807, 2.05) is 13.8 Å². The first kappa shape index (κ1) is 12.0. The zero-order chi connectivity index (χ0) is 11.1. The van der Waals surface area contributed by atoms with Gasteiger partial charge in [-0.1, -0.05) is 0 Å². The lowest BCUT2D eigenvalue weighted by Crippen LogP contribution is -2.22. The molecule has 0 aromatic heterocycles.